The average molecular weight is 328 g/mol. The van der Waals surface area contributed by atoms with Gasteiger partial charge in [-0.15, -0.1) is 10.2 Å². The number of alkyl halides is 3. The number of piperidine rings is 2. The molecule has 0 unspecified atom stereocenters. The van der Waals surface area contributed by atoms with Gasteiger partial charge in [0.2, 0.25) is 5.91 Å². The van der Waals surface area contributed by atoms with E-state index in [1.807, 2.05) is 9.80 Å². The zero-order chi connectivity index (χ0) is 16.4. The van der Waals surface area contributed by atoms with E-state index in [0.29, 0.717) is 25.3 Å². The maximum absolute atomic E-state index is 12.5. The summed E-state index contributed by atoms with van der Waals surface area (Å²) in [4.78, 5) is 15.9. The van der Waals surface area contributed by atoms with Crippen LogP contribution in [0.3, 0.4) is 0 Å². The Morgan fingerprint density at radius 2 is 1.78 bits per heavy atom. The van der Waals surface area contributed by atoms with Crippen LogP contribution < -0.4 is 4.90 Å². The molecule has 2 saturated heterocycles. The Bertz CT molecular complexity index is 553. The summed E-state index contributed by atoms with van der Waals surface area (Å²) in [5.41, 5.74) is -0.977. The number of carbonyl (C=O) groups excluding carboxylic acids is 1. The van der Waals surface area contributed by atoms with Crippen molar-refractivity contribution in [2.75, 3.05) is 24.5 Å². The monoisotopic (exact) mass is 328 g/mol. The second-order valence-electron chi connectivity index (χ2n) is 6.04. The van der Waals surface area contributed by atoms with E-state index in [-0.39, 0.29) is 11.9 Å². The van der Waals surface area contributed by atoms with Crippen LogP contribution in [0, 0.1) is 0 Å². The molecule has 1 aromatic heterocycles. The molecule has 2 aliphatic rings. The van der Waals surface area contributed by atoms with Gasteiger partial charge in [0.15, 0.2) is 11.5 Å². The van der Waals surface area contributed by atoms with E-state index in [1.165, 1.54) is 6.07 Å². The number of amides is 1. The normalized spacial score (nSPS) is 20.9. The highest BCUT2D eigenvalue weighted by Crippen LogP contribution is 2.28. The minimum atomic E-state index is -4.47. The lowest BCUT2D eigenvalue weighted by Crippen LogP contribution is -2.49. The number of hydrogen-bond acceptors (Lipinski definition) is 4. The van der Waals surface area contributed by atoms with Crippen LogP contribution in [0.15, 0.2) is 12.1 Å². The predicted octanol–water partition coefficient (Wildman–Crippen LogP) is 2.48. The first kappa shape index (κ1) is 16.0. The minimum absolute atomic E-state index is 0.226. The summed E-state index contributed by atoms with van der Waals surface area (Å²) in [6.07, 6.45) is -0.188. The third-order valence-electron chi connectivity index (χ3n) is 4.53. The van der Waals surface area contributed by atoms with Crippen molar-refractivity contribution in [1.82, 2.24) is 15.1 Å². The fourth-order valence-electron chi connectivity index (χ4n) is 3.26. The highest BCUT2D eigenvalue weighted by atomic mass is 19.4. The molecule has 0 N–H and O–H groups in total. The number of halogens is 3. The first-order valence-corrected chi connectivity index (χ1v) is 7.90. The van der Waals surface area contributed by atoms with Gasteiger partial charge in [-0.1, -0.05) is 0 Å². The lowest BCUT2D eigenvalue weighted by Gasteiger charge is -2.40. The lowest BCUT2D eigenvalue weighted by atomic mass is 9.99. The second-order valence-corrected chi connectivity index (χ2v) is 6.04. The van der Waals surface area contributed by atoms with Gasteiger partial charge < -0.3 is 9.80 Å². The molecule has 23 heavy (non-hydrogen) atoms. The third-order valence-corrected chi connectivity index (χ3v) is 4.53. The van der Waals surface area contributed by atoms with E-state index in [1.54, 1.807) is 0 Å². The molecular formula is C15H19F3N4O. The van der Waals surface area contributed by atoms with Crippen LogP contribution in [-0.4, -0.2) is 46.7 Å². The molecule has 0 bridgehead atoms. The molecule has 5 nitrogen and oxygen atoms in total. The van der Waals surface area contributed by atoms with E-state index in [4.69, 9.17) is 0 Å². The zero-order valence-electron chi connectivity index (χ0n) is 12.7. The van der Waals surface area contributed by atoms with Crippen molar-refractivity contribution >= 4 is 11.7 Å². The molecule has 1 aromatic rings. The maximum atomic E-state index is 12.5. The van der Waals surface area contributed by atoms with Crippen molar-refractivity contribution < 1.29 is 18.0 Å². The molecular weight excluding hydrogens is 309 g/mol. The van der Waals surface area contributed by atoms with Gasteiger partial charge in [-0.25, -0.2) is 0 Å². The van der Waals surface area contributed by atoms with E-state index in [0.717, 1.165) is 38.3 Å². The van der Waals surface area contributed by atoms with Crippen LogP contribution >= 0.6 is 0 Å². The van der Waals surface area contributed by atoms with Gasteiger partial charge in [0.25, 0.3) is 0 Å². The van der Waals surface area contributed by atoms with Crippen molar-refractivity contribution in [2.24, 2.45) is 0 Å². The van der Waals surface area contributed by atoms with Crippen LogP contribution in [0.4, 0.5) is 19.0 Å². The Kier molecular flexibility index (Phi) is 4.41. The number of likely N-dealkylation sites (tertiary alicyclic amines) is 1. The Morgan fingerprint density at radius 3 is 2.35 bits per heavy atom. The van der Waals surface area contributed by atoms with Crippen LogP contribution in [0.5, 0.6) is 0 Å². The Hall–Kier alpha value is -1.86. The first-order chi connectivity index (χ1) is 10.9. The molecule has 8 heteroatoms. The van der Waals surface area contributed by atoms with Crippen LogP contribution in [0.2, 0.25) is 0 Å². The molecule has 2 aliphatic heterocycles. The van der Waals surface area contributed by atoms with Crippen molar-refractivity contribution in [2.45, 2.75) is 44.3 Å². The van der Waals surface area contributed by atoms with E-state index in [2.05, 4.69) is 10.2 Å². The summed E-state index contributed by atoms with van der Waals surface area (Å²) in [6, 6.07) is 2.56. The predicted molar refractivity (Wildman–Crippen MR) is 77.8 cm³/mol. The Labute approximate surface area is 132 Å². The van der Waals surface area contributed by atoms with Crippen LogP contribution in [0.25, 0.3) is 0 Å². The minimum Gasteiger partial charge on any atom is -0.355 e. The molecule has 0 aliphatic carbocycles. The van der Waals surface area contributed by atoms with Gasteiger partial charge in [0, 0.05) is 32.1 Å². The second kappa shape index (κ2) is 6.33. The number of carbonyl (C=O) groups is 1. The fraction of sp³-hybridized carbons (Fsp3) is 0.667. The third kappa shape index (κ3) is 3.56. The van der Waals surface area contributed by atoms with Crippen LogP contribution in [0.1, 0.15) is 37.8 Å². The van der Waals surface area contributed by atoms with Gasteiger partial charge in [-0.05, 0) is 37.8 Å². The zero-order valence-corrected chi connectivity index (χ0v) is 12.7. The van der Waals surface area contributed by atoms with Crippen molar-refractivity contribution in [3.05, 3.63) is 17.8 Å². The summed E-state index contributed by atoms with van der Waals surface area (Å²) < 4.78 is 37.5. The van der Waals surface area contributed by atoms with Gasteiger partial charge in [-0.3, -0.25) is 4.79 Å². The number of nitrogens with zero attached hydrogens (tertiary/aromatic N) is 4. The van der Waals surface area contributed by atoms with Crippen LogP contribution in [-0.2, 0) is 11.0 Å². The van der Waals surface area contributed by atoms with E-state index in [9.17, 15) is 18.0 Å². The molecule has 0 aromatic carbocycles. The van der Waals surface area contributed by atoms with Gasteiger partial charge in [0.1, 0.15) is 0 Å². The summed E-state index contributed by atoms with van der Waals surface area (Å²) in [6.45, 7) is 2.17. The van der Waals surface area contributed by atoms with Gasteiger partial charge in [-0.2, -0.15) is 13.2 Å². The summed E-state index contributed by atoms with van der Waals surface area (Å²) >= 11 is 0. The standard InChI is InChI=1S/C15H19F3N4O/c16-15(17,18)12-4-5-13(20-19-12)21-9-6-11(7-10-21)22-8-2-1-3-14(22)23/h4-5,11H,1-3,6-10H2. The van der Waals surface area contributed by atoms with Gasteiger partial charge >= 0.3 is 6.18 Å². The molecule has 0 spiro atoms. The molecule has 0 saturated carbocycles. The lowest BCUT2D eigenvalue weighted by molar-refractivity contribution is -0.141. The maximum Gasteiger partial charge on any atom is 0.435 e. The molecule has 0 radical (unpaired) electrons. The molecule has 2 fully saturated rings. The molecule has 3 heterocycles. The molecule has 0 atom stereocenters. The molecule has 126 valence electrons. The Balaban J connectivity index is 1.59. The van der Waals surface area contributed by atoms with Crippen molar-refractivity contribution in [3.8, 4) is 0 Å². The number of rotatable bonds is 2. The first-order valence-electron chi connectivity index (χ1n) is 7.90. The summed E-state index contributed by atoms with van der Waals surface area (Å²) in [7, 11) is 0. The highest BCUT2D eigenvalue weighted by Gasteiger charge is 2.34. The summed E-state index contributed by atoms with van der Waals surface area (Å²) in [5.74, 6) is 0.686. The highest BCUT2D eigenvalue weighted by molar-refractivity contribution is 5.77. The average Bonchev–Trinajstić information content (AvgIpc) is 2.55. The number of aromatic nitrogens is 2. The summed E-state index contributed by atoms with van der Waals surface area (Å²) in [5, 5.41) is 6.96. The van der Waals surface area contributed by atoms with Gasteiger partial charge in [0.05, 0.1) is 0 Å². The number of anilines is 1. The van der Waals surface area contributed by atoms with E-state index >= 15 is 0 Å². The van der Waals surface area contributed by atoms with Crippen molar-refractivity contribution in [3.63, 3.8) is 0 Å². The largest absolute Gasteiger partial charge is 0.435 e. The Morgan fingerprint density at radius 1 is 1.04 bits per heavy atom. The van der Waals surface area contributed by atoms with Crippen molar-refractivity contribution in [1.29, 1.82) is 0 Å². The molecule has 1 amide bonds. The smallest absolute Gasteiger partial charge is 0.355 e. The molecule has 3 rings (SSSR count). The quantitative estimate of drug-likeness (QED) is 0.837. The SMILES string of the molecule is O=C1CCCCN1C1CCN(c2ccc(C(F)(F)F)nn2)CC1. The topological polar surface area (TPSA) is 49.3 Å². The fourth-order valence-corrected chi connectivity index (χ4v) is 3.26. The number of hydrogen-bond donors (Lipinski definition) is 0. The van der Waals surface area contributed by atoms with E-state index < -0.39 is 11.9 Å².